The molecule has 130 valence electrons. The zero-order chi connectivity index (χ0) is 17.4. The lowest BCUT2D eigenvalue weighted by Crippen LogP contribution is -2.45. The number of benzene rings is 1. The summed E-state index contributed by atoms with van der Waals surface area (Å²) in [6.07, 6.45) is 8.21. The van der Waals surface area contributed by atoms with Gasteiger partial charge >= 0.3 is 0 Å². The van der Waals surface area contributed by atoms with Crippen LogP contribution in [0.4, 0.5) is 0 Å². The van der Waals surface area contributed by atoms with Gasteiger partial charge in [-0.15, -0.1) is 0 Å². The number of hydrogen-bond acceptors (Lipinski definition) is 3. The van der Waals surface area contributed by atoms with Gasteiger partial charge in [-0.2, -0.15) is 5.10 Å². The molecule has 3 aromatic rings. The second kappa shape index (κ2) is 6.02. The summed E-state index contributed by atoms with van der Waals surface area (Å²) in [4.78, 5) is 28.0. The topological polar surface area (TPSA) is 79.3 Å². The van der Waals surface area contributed by atoms with Gasteiger partial charge in [-0.3, -0.25) is 9.59 Å². The number of aromatic nitrogens is 3. The van der Waals surface area contributed by atoms with Crippen LogP contribution in [0.2, 0.25) is 0 Å². The number of fused-ring (bicyclic) bond motifs is 3. The SMILES string of the molecule is CC1(NC(=O)c2cnn3c2[nH]c(=O)c2ccccc23)CCCCCC1. The van der Waals surface area contributed by atoms with Crippen molar-refractivity contribution in [2.45, 2.75) is 51.0 Å². The molecule has 2 heterocycles. The van der Waals surface area contributed by atoms with Gasteiger partial charge in [0.1, 0.15) is 11.2 Å². The zero-order valence-corrected chi connectivity index (χ0v) is 14.3. The molecule has 0 atom stereocenters. The maximum Gasteiger partial charge on any atom is 0.259 e. The van der Waals surface area contributed by atoms with E-state index in [0.717, 1.165) is 25.7 Å². The van der Waals surface area contributed by atoms with Crippen LogP contribution in [0.3, 0.4) is 0 Å². The molecular formula is C19H22N4O2. The number of carbonyl (C=O) groups excluding carboxylic acids is 1. The Labute approximate surface area is 145 Å². The predicted molar refractivity (Wildman–Crippen MR) is 96.9 cm³/mol. The molecule has 1 aliphatic rings. The fourth-order valence-corrected chi connectivity index (χ4v) is 3.82. The van der Waals surface area contributed by atoms with Crippen LogP contribution in [0.1, 0.15) is 55.8 Å². The largest absolute Gasteiger partial charge is 0.347 e. The number of H-pyrrole nitrogens is 1. The van der Waals surface area contributed by atoms with Crippen LogP contribution in [0, 0.1) is 0 Å². The summed E-state index contributed by atoms with van der Waals surface area (Å²) in [6, 6.07) is 7.25. The minimum absolute atomic E-state index is 0.176. The number of nitrogens with zero attached hydrogens (tertiary/aromatic N) is 2. The molecule has 2 N–H and O–H groups in total. The minimum Gasteiger partial charge on any atom is -0.347 e. The van der Waals surface area contributed by atoms with Crippen LogP contribution < -0.4 is 10.9 Å². The molecule has 2 aromatic heterocycles. The summed E-state index contributed by atoms with van der Waals surface area (Å²) in [5.74, 6) is -0.176. The summed E-state index contributed by atoms with van der Waals surface area (Å²) in [7, 11) is 0. The molecule has 0 spiro atoms. The van der Waals surface area contributed by atoms with Crippen molar-refractivity contribution in [2.24, 2.45) is 0 Å². The first-order chi connectivity index (χ1) is 12.1. The third kappa shape index (κ3) is 2.81. The molecule has 0 saturated heterocycles. The van der Waals surface area contributed by atoms with E-state index >= 15 is 0 Å². The number of carbonyl (C=O) groups is 1. The van der Waals surface area contributed by atoms with Crippen molar-refractivity contribution in [3.8, 4) is 0 Å². The van der Waals surface area contributed by atoms with Crippen LogP contribution in [0.5, 0.6) is 0 Å². The first-order valence-corrected chi connectivity index (χ1v) is 8.89. The Morgan fingerprint density at radius 3 is 2.68 bits per heavy atom. The highest BCUT2D eigenvalue weighted by Crippen LogP contribution is 2.27. The lowest BCUT2D eigenvalue weighted by Gasteiger charge is -2.29. The Hall–Kier alpha value is -2.63. The van der Waals surface area contributed by atoms with E-state index in [4.69, 9.17) is 0 Å². The molecule has 25 heavy (non-hydrogen) atoms. The zero-order valence-electron chi connectivity index (χ0n) is 14.3. The number of rotatable bonds is 2. The Bertz CT molecular complexity index is 993. The van der Waals surface area contributed by atoms with Gasteiger partial charge in [0.25, 0.3) is 11.5 Å². The monoisotopic (exact) mass is 338 g/mol. The molecule has 0 unspecified atom stereocenters. The number of para-hydroxylation sites is 1. The summed E-state index contributed by atoms with van der Waals surface area (Å²) in [5.41, 5.74) is 1.14. The van der Waals surface area contributed by atoms with Crippen molar-refractivity contribution in [3.05, 3.63) is 46.4 Å². The molecule has 6 nitrogen and oxygen atoms in total. The van der Waals surface area contributed by atoms with Gasteiger partial charge in [0.05, 0.1) is 17.1 Å². The van der Waals surface area contributed by atoms with Crippen LogP contribution in [-0.2, 0) is 0 Å². The fourth-order valence-electron chi connectivity index (χ4n) is 3.82. The van der Waals surface area contributed by atoms with E-state index in [1.807, 2.05) is 18.2 Å². The summed E-state index contributed by atoms with van der Waals surface area (Å²) >= 11 is 0. The molecule has 1 amide bonds. The van der Waals surface area contributed by atoms with E-state index in [1.165, 1.54) is 19.0 Å². The Balaban J connectivity index is 1.74. The second-order valence-electron chi connectivity index (χ2n) is 7.22. The summed E-state index contributed by atoms with van der Waals surface area (Å²) < 4.78 is 1.63. The first-order valence-electron chi connectivity index (χ1n) is 8.89. The summed E-state index contributed by atoms with van der Waals surface area (Å²) in [5, 5.41) is 8.07. The van der Waals surface area contributed by atoms with Crippen molar-refractivity contribution in [2.75, 3.05) is 0 Å². The fraction of sp³-hybridized carbons (Fsp3) is 0.421. The van der Waals surface area contributed by atoms with Crippen molar-refractivity contribution >= 4 is 22.5 Å². The highest BCUT2D eigenvalue weighted by atomic mass is 16.2. The van der Waals surface area contributed by atoms with Gasteiger partial charge < -0.3 is 10.3 Å². The molecule has 0 radical (unpaired) electrons. The molecular weight excluding hydrogens is 316 g/mol. The van der Waals surface area contributed by atoms with E-state index in [0.29, 0.717) is 22.1 Å². The van der Waals surface area contributed by atoms with Crippen LogP contribution in [-0.4, -0.2) is 26.0 Å². The molecule has 1 saturated carbocycles. The third-order valence-electron chi connectivity index (χ3n) is 5.25. The Morgan fingerprint density at radius 1 is 1.20 bits per heavy atom. The molecule has 1 aromatic carbocycles. The maximum absolute atomic E-state index is 12.9. The van der Waals surface area contributed by atoms with Crippen molar-refractivity contribution in [1.82, 2.24) is 19.9 Å². The molecule has 0 aliphatic heterocycles. The number of amides is 1. The highest BCUT2D eigenvalue weighted by molar-refractivity contribution is 6.01. The van der Waals surface area contributed by atoms with Gasteiger partial charge in [-0.25, -0.2) is 4.52 Å². The van der Waals surface area contributed by atoms with Gasteiger partial charge in [0.2, 0.25) is 0 Å². The Kier molecular flexibility index (Phi) is 3.82. The lowest BCUT2D eigenvalue weighted by molar-refractivity contribution is 0.0899. The Morgan fingerprint density at radius 2 is 1.92 bits per heavy atom. The quantitative estimate of drug-likeness (QED) is 0.705. The first kappa shape index (κ1) is 15.9. The van der Waals surface area contributed by atoms with Gasteiger partial charge in [0.15, 0.2) is 0 Å². The molecule has 4 rings (SSSR count). The summed E-state index contributed by atoms with van der Waals surface area (Å²) in [6.45, 7) is 2.11. The normalized spacial score (nSPS) is 17.5. The van der Waals surface area contributed by atoms with Crippen molar-refractivity contribution < 1.29 is 4.79 Å². The number of aromatic amines is 1. The van der Waals surface area contributed by atoms with Gasteiger partial charge in [0, 0.05) is 5.54 Å². The van der Waals surface area contributed by atoms with Crippen LogP contribution >= 0.6 is 0 Å². The predicted octanol–water partition coefficient (Wildman–Crippen LogP) is 3.02. The average Bonchev–Trinajstić information content (AvgIpc) is 2.91. The van der Waals surface area contributed by atoms with Crippen LogP contribution in [0.25, 0.3) is 16.6 Å². The maximum atomic E-state index is 12.9. The average molecular weight is 338 g/mol. The number of nitrogens with one attached hydrogen (secondary N) is 2. The van der Waals surface area contributed by atoms with E-state index in [-0.39, 0.29) is 17.0 Å². The van der Waals surface area contributed by atoms with E-state index in [1.54, 1.807) is 10.6 Å². The standard InChI is InChI=1S/C19H22N4O2/c1-19(10-6-2-3-7-11-19)22-18(25)14-12-20-23-15-9-5-4-8-13(15)17(24)21-16(14)23/h4-5,8-9,12H,2-3,6-7,10-11H2,1H3,(H,21,24)(H,22,25). The van der Waals surface area contributed by atoms with Crippen molar-refractivity contribution in [3.63, 3.8) is 0 Å². The van der Waals surface area contributed by atoms with Crippen LogP contribution in [0.15, 0.2) is 35.3 Å². The molecule has 1 fully saturated rings. The third-order valence-corrected chi connectivity index (χ3v) is 5.25. The highest BCUT2D eigenvalue weighted by Gasteiger charge is 2.29. The van der Waals surface area contributed by atoms with E-state index < -0.39 is 0 Å². The lowest BCUT2D eigenvalue weighted by atomic mass is 9.92. The number of hydrogen-bond donors (Lipinski definition) is 2. The van der Waals surface area contributed by atoms with Crippen molar-refractivity contribution in [1.29, 1.82) is 0 Å². The molecule has 1 aliphatic carbocycles. The minimum atomic E-state index is -0.210. The molecule has 6 heteroatoms. The van der Waals surface area contributed by atoms with E-state index in [9.17, 15) is 9.59 Å². The van der Waals surface area contributed by atoms with Gasteiger partial charge in [-0.05, 0) is 31.9 Å². The van der Waals surface area contributed by atoms with E-state index in [2.05, 4.69) is 22.3 Å². The molecule has 0 bridgehead atoms. The smallest absolute Gasteiger partial charge is 0.259 e. The van der Waals surface area contributed by atoms with Gasteiger partial charge in [-0.1, -0.05) is 37.8 Å². The second-order valence-corrected chi connectivity index (χ2v) is 7.22.